The maximum Gasteiger partial charge on any atom is 0.238 e. The van der Waals surface area contributed by atoms with Crippen LogP contribution in [-0.2, 0) is 14.4 Å². The summed E-state index contributed by atoms with van der Waals surface area (Å²) in [6.07, 6.45) is 0. The average molecular weight is 483 g/mol. The Hall–Kier alpha value is -3.56. The number of thiophene rings is 1. The Balaban J connectivity index is 1.58. The van der Waals surface area contributed by atoms with Crippen molar-refractivity contribution in [2.24, 2.45) is 0 Å². The third-order valence-corrected chi connectivity index (χ3v) is 5.94. The number of nitrogens with one attached hydrogen (secondary N) is 3. The lowest BCUT2D eigenvalue weighted by molar-refractivity contribution is -0.123. The summed E-state index contributed by atoms with van der Waals surface area (Å²) in [7, 11) is 0. The fourth-order valence-electron chi connectivity index (χ4n) is 3.36. The van der Waals surface area contributed by atoms with Gasteiger partial charge < -0.3 is 16.0 Å². The van der Waals surface area contributed by atoms with Gasteiger partial charge in [-0.15, -0.1) is 11.3 Å². The van der Waals surface area contributed by atoms with E-state index in [1.807, 2.05) is 24.4 Å². The highest BCUT2D eigenvalue weighted by Crippen LogP contribution is 2.26. The largest absolute Gasteiger partial charge is 0.343 e. The molecule has 34 heavy (non-hydrogen) atoms. The van der Waals surface area contributed by atoms with E-state index in [9.17, 15) is 18.8 Å². The van der Waals surface area contributed by atoms with Crippen molar-refractivity contribution >= 4 is 40.4 Å². The Morgan fingerprint density at radius 1 is 0.912 bits per heavy atom. The number of carbonyl (C=O) groups is 3. The molecule has 0 saturated carbocycles. The van der Waals surface area contributed by atoms with Crippen LogP contribution in [0.25, 0.3) is 0 Å². The van der Waals surface area contributed by atoms with Crippen molar-refractivity contribution in [3.05, 3.63) is 82.3 Å². The van der Waals surface area contributed by atoms with Gasteiger partial charge in [-0.25, -0.2) is 4.39 Å². The first-order valence-electron chi connectivity index (χ1n) is 10.8. The zero-order chi connectivity index (χ0) is 24.5. The van der Waals surface area contributed by atoms with Gasteiger partial charge in [0, 0.05) is 23.2 Å². The van der Waals surface area contributed by atoms with Gasteiger partial charge in [-0.2, -0.15) is 0 Å². The third-order valence-electron chi connectivity index (χ3n) is 5.01. The lowest BCUT2D eigenvalue weighted by atomic mass is 10.1. The minimum atomic E-state index is -0.400. The molecule has 178 valence electrons. The van der Waals surface area contributed by atoms with Gasteiger partial charge in [0.1, 0.15) is 5.82 Å². The lowest BCUT2D eigenvalue weighted by Crippen LogP contribution is -2.42. The summed E-state index contributed by atoms with van der Waals surface area (Å²) in [5, 5.41) is 10.4. The standard InChI is InChI=1S/C25H27FN4O3S/c1-3-30(15-23(32)28-21-12-10-20(11-13-21)27-17(2)31)16-24(33)29-25(22-5-4-14-34-22)18-6-8-19(26)9-7-18/h4-14,25H,3,15-16H2,1-2H3,(H,27,31)(H,28,32)(H,29,33). The van der Waals surface area contributed by atoms with Crippen molar-refractivity contribution in [3.8, 4) is 0 Å². The molecule has 9 heteroatoms. The summed E-state index contributed by atoms with van der Waals surface area (Å²) < 4.78 is 13.4. The Labute approximate surface area is 202 Å². The number of carbonyl (C=O) groups excluding carboxylic acids is 3. The van der Waals surface area contributed by atoms with Gasteiger partial charge in [0.2, 0.25) is 17.7 Å². The lowest BCUT2D eigenvalue weighted by Gasteiger charge is -2.23. The highest BCUT2D eigenvalue weighted by Gasteiger charge is 2.20. The molecule has 1 heterocycles. The van der Waals surface area contributed by atoms with E-state index in [1.165, 1.54) is 30.4 Å². The Morgan fingerprint density at radius 3 is 2.09 bits per heavy atom. The first-order chi connectivity index (χ1) is 16.3. The molecule has 3 rings (SSSR count). The summed E-state index contributed by atoms with van der Waals surface area (Å²) in [6.45, 7) is 3.88. The van der Waals surface area contributed by atoms with Crippen LogP contribution in [0.3, 0.4) is 0 Å². The Kier molecular flexibility index (Phi) is 8.89. The van der Waals surface area contributed by atoms with Crippen LogP contribution in [0.5, 0.6) is 0 Å². The van der Waals surface area contributed by atoms with Gasteiger partial charge in [0.05, 0.1) is 19.1 Å². The Morgan fingerprint density at radius 2 is 1.53 bits per heavy atom. The van der Waals surface area contributed by atoms with Crippen LogP contribution in [0.15, 0.2) is 66.0 Å². The van der Waals surface area contributed by atoms with Gasteiger partial charge >= 0.3 is 0 Å². The third kappa shape index (κ3) is 7.50. The van der Waals surface area contributed by atoms with Crippen molar-refractivity contribution in [2.45, 2.75) is 19.9 Å². The number of amides is 3. The molecular weight excluding hydrogens is 455 g/mol. The molecule has 0 aliphatic rings. The zero-order valence-electron chi connectivity index (χ0n) is 19.0. The molecule has 0 fully saturated rings. The Bertz CT molecular complexity index is 1100. The normalized spacial score (nSPS) is 11.6. The maximum absolute atomic E-state index is 13.4. The zero-order valence-corrected chi connectivity index (χ0v) is 19.8. The van der Waals surface area contributed by atoms with Crippen LogP contribution in [-0.4, -0.2) is 42.3 Å². The van der Waals surface area contributed by atoms with Crippen LogP contribution in [0.1, 0.15) is 30.3 Å². The number of rotatable bonds is 10. The van der Waals surface area contributed by atoms with E-state index in [1.54, 1.807) is 41.3 Å². The van der Waals surface area contributed by atoms with Gasteiger partial charge in [0.25, 0.3) is 0 Å². The van der Waals surface area contributed by atoms with Crippen LogP contribution in [0, 0.1) is 5.82 Å². The molecule has 0 bridgehead atoms. The first-order valence-corrected chi connectivity index (χ1v) is 11.7. The van der Waals surface area contributed by atoms with E-state index < -0.39 is 6.04 Å². The summed E-state index contributed by atoms with van der Waals surface area (Å²) in [5.74, 6) is -1.00. The van der Waals surface area contributed by atoms with E-state index in [0.29, 0.717) is 17.9 Å². The predicted octanol–water partition coefficient (Wildman–Crippen LogP) is 4.01. The predicted molar refractivity (Wildman–Crippen MR) is 132 cm³/mol. The molecule has 7 nitrogen and oxygen atoms in total. The number of likely N-dealkylation sites (N-methyl/N-ethyl adjacent to an activating group) is 1. The molecule has 3 amide bonds. The van der Waals surface area contributed by atoms with E-state index >= 15 is 0 Å². The minimum Gasteiger partial charge on any atom is -0.343 e. The minimum absolute atomic E-state index is 0.0362. The van der Waals surface area contributed by atoms with Crippen molar-refractivity contribution < 1.29 is 18.8 Å². The van der Waals surface area contributed by atoms with Crippen LogP contribution in [0.2, 0.25) is 0 Å². The highest BCUT2D eigenvalue weighted by molar-refractivity contribution is 7.10. The van der Waals surface area contributed by atoms with Gasteiger partial charge in [-0.1, -0.05) is 25.1 Å². The summed E-state index contributed by atoms with van der Waals surface area (Å²) >= 11 is 1.50. The highest BCUT2D eigenvalue weighted by atomic mass is 32.1. The second-order valence-corrected chi connectivity index (χ2v) is 8.66. The van der Waals surface area contributed by atoms with E-state index in [-0.39, 0.29) is 36.6 Å². The number of benzene rings is 2. The van der Waals surface area contributed by atoms with Crippen LogP contribution >= 0.6 is 11.3 Å². The summed E-state index contributed by atoms with van der Waals surface area (Å²) in [5.41, 5.74) is 2.01. The molecular formula is C25H27FN4O3S. The number of hydrogen-bond donors (Lipinski definition) is 3. The fraction of sp³-hybridized carbons (Fsp3) is 0.240. The summed E-state index contributed by atoms with van der Waals surface area (Å²) in [6, 6.07) is 16.2. The molecule has 0 spiro atoms. The average Bonchev–Trinajstić information content (AvgIpc) is 3.33. The van der Waals surface area contributed by atoms with Gasteiger partial charge in [0.15, 0.2) is 0 Å². The van der Waals surface area contributed by atoms with E-state index in [4.69, 9.17) is 0 Å². The number of nitrogens with zero attached hydrogens (tertiary/aromatic N) is 1. The number of hydrogen-bond acceptors (Lipinski definition) is 5. The summed E-state index contributed by atoms with van der Waals surface area (Å²) in [4.78, 5) is 39.1. The topological polar surface area (TPSA) is 90.5 Å². The second-order valence-electron chi connectivity index (χ2n) is 7.68. The second kappa shape index (κ2) is 12.1. The smallest absolute Gasteiger partial charge is 0.238 e. The number of halogens is 1. The van der Waals surface area contributed by atoms with Crippen molar-refractivity contribution in [2.75, 3.05) is 30.3 Å². The van der Waals surface area contributed by atoms with Gasteiger partial charge in [-0.05, 0) is 60.0 Å². The first kappa shape index (κ1) is 25.1. The van der Waals surface area contributed by atoms with Crippen molar-refractivity contribution in [1.82, 2.24) is 10.2 Å². The van der Waals surface area contributed by atoms with Crippen molar-refractivity contribution in [3.63, 3.8) is 0 Å². The molecule has 1 aromatic heterocycles. The molecule has 0 aliphatic carbocycles. The molecule has 0 aliphatic heterocycles. The van der Waals surface area contributed by atoms with E-state index in [0.717, 1.165) is 10.4 Å². The molecule has 3 aromatic rings. The fourth-order valence-corrected chi connectivity index (χ4v) is 4.16. The molecule has 2 aromatic carbocycles. The SMILES string of the molecule is CCN(CC(=O)Nc1ccc(NC(C)=O)cc1)CC(=O)NC(c1ccc(F)cc1)c1cccs1. The molecule has 1 unspecified atom stereocenters. The van der Waals surface area contributed by atoms with Gasteiger partial charge in [-0.3, -0.25) is 19.3 Å². The molecule has 0 radical (unpaired) electrons. The van der Waals surface area contributed by atoms with Crippen LogP contribution in [0.4, 0.5) is 15.8 Å². The quantitative estimate of drug-likeness (QED) is 0.407. The molecule has 0 saturated heterocycles. The molecule has 3 N–H and O–H groups in total. The maximum atomic E-state index is 13.4. The van der Waals surface area contributed by atoms with Crippen LogP contribution < -0.4 is 16.0 Å². The van der Waals surface area contributed by atoms with E-state index in [2.05, 4.69) is 16.0 Å². The monoisotopic (exact) mass is 482 g/mol. The van der Waals surface area contributed by atoms with Crippen molar-refractivity contribution in [1.29, 1.82) is 0 Å². The number of anilines is 2. The molecule has 1 atom stereocenters.